The maximum absolute atomic E-state index is 13.9. The van der Waals surface area contributed by atoms with Gasteiger partial charge in [0, 0.05) is 11.6 Å². The Hall–Kier alpha value is -2.96. The minimum Gasteiger partial charge on any atom is -0.491 e. The molecule has 0 spiro atoms. The zero-order chi connectivity index (χ0) is 18.7. The summed E-state index contributed by atoms with van der Waals surface area (Å²) in [5, 5.41) is 2.64. The summed E-state index contributed by atoms with van der Waals surface area (Å²) in [5.74, 6) is -1.57. The minimum atomic E-state index is -0.734. The first kappa shape index (κ1) is 17.8. The number of carbonyl (C=O) groups excluding carboxylic acids is 2. The number of halogens is 2. The second-order valence-corrected chi connectivity index (χ2v) is 6.00. The SMILES string of the molecule is C[C@H](NC(=O)CN1C(=O)CCOc2ccccc21)c1ccc(F)cc1F. The third kappa shape index (κ3) is 3.82. The van der Waals surface area contributed by atoms with Crippen molar-refractivity contribution in [2.75, 3.05) is 18.1 Å². The molecule has 1 N–H and O–H groups in total. The lowest BCUT2D eigenvalue weighted by Gasteiger charge is -2.23. The van der Waals surface area contributed by atoms with E-state index in [4.69, 9.17) is 4.74 Å². The monoisotopic (exact) mass is 360 g/mol. The number of ether oxygens (including phenoxy) is 1. The lowest BCUT2D eigenvalue weighted by molar-refractivity contribution is -0.124. The second-order valence-electron chi connectivity index (χ2n) is 6.00. The lowest BCUT2D eigenvalue weighted by Crippen LogP contribution is -2.41. The molecule has 3 rings (SSSR count). The molecule has 1 heterocycles. The summed E-state index contributed by atoms with van der Waals surface area (Å²) in [5.41, 5.74) is 0.691. The van der Waals surface area contributed by atoms with E-state index in [2.05, 4.69) is 5.32 Å². The second kappa shape index (κ2) is 7.51. The van der Waals surface area contributed by atoms with Crippen LogP contribution in [-0.4, -0.2) is 25.0 Å². The van der Waals surface area contributed by atoms with E-state index < -0.39 is 23.6 Å². The summed E-state index contributed by atoms with van der Waals surface area (Å²) in [7, 11) is 0. The van der Waals surface area contributed by atoms with Crippen molar-refractivity contribution in [3.05, 3.63) is 59.7 Å². The number of hydrogen-bond donors (Lipinski definition) is 1. The highest BCUT2D eigenvalue weighted by atomic mass is 19.1. The van der Waals surface area contributed by atoms with Gasteiger partial charge in [-0.05, 0) is 25.1 Å². The molecule has 0 saturated carbocycles. The van der Waals surface area contributed by atoms with Crippen molar-refractivity contribution in [1.29, 1.82) is 0 Å². The molecule has 7 heteroatoms. The number of nitrogens with zero attached hydrogens (tertiary/aromatic N) is 1. The van der Waals surface area contributed by atoms with Gasteiger partial charge in [0.15, 0.2) is 0 Å². The predicted octanol–water partition coefficient (Wildman–Crippen LogP) is 2.96. The van der Waals surface area contributed by atoms with Crippen LogP contribution in [0.1, 0.15) is 24.9 Å². The van der Waals surface area contributed by atoms with Crippen LogP contribution in [0.3, 0.4) is 0 Å². The van der Waals surface area contributed by atoms with Crippen LogP contribution in [-0.2, 0) is 9.59 Å². The standard InChI is InChI=1S/C19H18F2N2O3/c1-12(14-7-6-13(20)10-15(14)21)22-18(24)11-23-16-4-2-3-5-17(16)26-9-8-19(23)25/h2-7,10,12H,8-9,11H2,1H3,(H,22,24)/t12-/m0/s1. The number of carbonyl (C=O) groups is 2. The molecule has 0 bridgehead atoms. The molecular weight excluding hydrogens is 342 g/mol. The predicted molar refractivity (Wildman–Crippen MR) is 91.8 cm³/mol. The maximum Gasteiger partial charge on any atom is 0.240 e. The van der Waals surface area contributed by atoms with Gasteiger partial charge in [-0.3, -0.25) is 14.5 Å². The summed E-state index contributed by atoms with van der Waals surface area (Å²) >= 11 is 0. The van der Waals surface area contributed by atoms with E-state index in [-0.39, 0.29) is 31.0 Å². The molecular formula is C19H18F2N2O3. The van der Waals surface area contributed by atoms with Gasteiger partial charge in [-0.25, -0.2) is 8.78 Å². The van der Waals surface area contributed by atoms with E-state index in [0.29, 0.717) is 11.4 Å². The lowest BCUT2D eigenvalue weighted by atomic mass is 10.1. The van der Waals surface area contributed by atoms with E-state index in [1.165, 1.54) is 11.0 Å². The number of para-hydroxylation sites is 2. The molecule has 0 radical (unpaired) electrons. The zero-order valence-corrected chi connectivity index (χ0v) is 14.2. The van der Waals surface area contributed by atoms with E-state index in [1.807, 2.05) is 0 Å². The summed E-state index contributed by atoms with van der Waals surface area (Å²) in [6.45, 7) is 1.62. The molecule has 0 unspecified atom stereocenters. The van der Waals surface area contributed by atoms with Crippen molar-refractivity contribution in [3.8, 4) is 5.75 Å². The number of rotatable bonds is 4. The Bertz CT molecular complexity index is 841. The smallest absolute Gasteiger partial charge is 0.240 e. The summed E-state index contributed by atoms with van der Waals surface area (Å²) < 4.78 is 32.4. The van der Waals surface area contributed by atoms with E-state index in [1.54, 1.807) is 31.2 Å². The Kier molecular flexibility index (Phi) is 5.16. The van der Waals surface area contributed by atoms with Gasteiger partial charge in [0.1, 0.15) is 23.9 Å². The number of nitrogens with one attached hydrogen (secondary N) is 1. The van der Waals surface area contributed by atoms with Gasteiger partial charge in [0.05, 0.1) is 24.8 Å². The van der Waals surface area contributed by atoms with Crippen LogP contribution in [0.5, 0.6) is 5.75 Å². The van der Waals surface area contributed by atoms with Crippen LogP contribution in [0.25, 0.3) is 0 Å². The fourth-order valence-corrected chi connectivity index (χ4v) is 2.85. The Balaban J connectivity index is 1.74. The van der Waals surface area contributed by atoms with Gasteiger partial charge < -0.3 is 10.1 Å². The van der Waals surface area contributed by atoms with Gasteiger partial charge in [-0.15, -0.1) is 0 Å². The van der Waals surface area contributed by atoms with Crippen LogP contribution in [0.4, 0.5) is 14.5 Å². The molecule has 0 fully saturated rings. The third-order valence-electron chi connectivity index (χ3n) is 4.14. The topological polar surface area (TPSA) is 58.6 Å². The fourth-order valence-electron chi connectivity index (χ4n) is 2.85. The third-order valence-corrected chi connectivity index (χ3v) is 4.14. The molecule has 1 aliphatic heterocycles. The molecule has 2 amide bonds. The minimum absolute atomic E-state index is 0.157. The molecule has 136 valence electrons. The molecule has 1 aliphatic rings. The highest BCUT2D eigenvalue weighted by molar-refractivity contribution is 6.00. The van der Waals surface area contributed by atoms with Crippen molar-refractivity contribution in [2.24, 2.45) is 0 Å². The van der Waals surface area contributed by atoms with Crippen LogP contribution in [0.2, 0.25) is 0 Å². The quantitative estimate of drug-likeness (QED) is 0.912. The number of fused-ring (bicyclic) bond motifs is 1. The molecule has 0 saturated heterocycles. The van der Waals surface area contributed by atoms with Crippen LogP contribution in [0.15, 0.2) is 42.5 Å². The molecule has 1 atom stereocenters. The van der Waals surface area contributed by atoms with Crippen LogP contribution >= 0.6 is 0 Å². The summed E-state index contributed by atoms with van der Waals surface area (Å²) in [6.07, 6.45) is 0.157. The Morgan fingerprint density at radius 3 is 2.81 bits per heavy atom. The highest BCUT2D eigenvalue weighted by Crippen LogP contribution is 2.30. The molecule has 0 aliphatic carbocycles. The molecule has 5 nitrogen and oxygen atoms in total. The molecule has 26 heavy (non-hydrogen) atoms. The summed E-state index contributed by atoms with van der Waals surface area (Å²) in [4.78, 5) is 26.1. The average Bonchev–Trinajstić information content (AvgIpc) is 2.74. The largest absolute Gasteiger partial charge is 0.491 e. The first-order valence-corrected chi connectivity index (χ1v) is 8.22. The maximum atomic E-state index is 13.9. The molecule has 2 aromatic carbocycles. The van der Waals surface area contributed by atoms with Crippen LogP contribution < -0.4 is 15.0 Å². The van der Waals surface area contributed by atoms with Crippen molar-refractivity contribution >= 4 is 17.5 Å². The first-order valence-electron chi connectivity index (χ1n) is 8.22. The molecule has 2 aromatic rings. The number of amides is 2. The number of hydrogen-bond acceptors (Lipinski definition) is 3. The fraction of sp³-hybridized carbons (Fsp3) is 0.263. The van der Waals surface area contributed by atoms with Crippen molar-refractivity contribution in [1.82, 2.24) is 5.32 Å². The van der Waals surface area contributed by atoms with Crippen molar-refractivity contribution in [3.63, 3.8) is 0 Å². The van der Waals surface area contributed by atoms with Crippen molar-refractivity contribution in [2.45, 2.75) is 19.4 Å². The molecule has 0 aromatic heterocycles. The van der Waals surface area contributed by atoms with E-state index in [9.17, 15) is 18.4 Å². The van der Waals surface area contributed by atoms with Gasteiger partial charge in [0.25, 0.3) is 0 Å². The van der Waals surface area contributed by atoms with Crippen LogP contribution in [0, 0.1) is 11.6 Å². The Morgan fingerprint density at radius 1 is 1.27 bits per heavy atom. The van der Waals surface area contributed by atoms with E-state index in [0.717, 1.165) is 12.1 Å². The van der Waals surface area contributed by atoms with Gasteiger partial charge >= 0.3 is 0 Å². The van der Waals surface area contributed by atoms with Gasteiger partial charge in [0.2, 0.25) is 11.8 Å². The van der Waals surface area contributed by atoms with Crippen molar-refractivity contribution < 1.29 is 23.1 Å². The number of benzene rings is 2. The summed E-state index contributed by atoms with van der Waals surface area (Å²) in [6, 6.07) is 9.49. The zero-order valence-electron chi connectivity index (χ0n) is 14.2. The number of anilines is 1. The van der Waals surface area contributed by atoms with Gasteiger partial charge in [-0.1, -0.05) is 18.2 Å². The van der Waals surface area contributed by atoms with Gasteiger partial charge in [-0.2, -0.15) is 0 Å². The highest BCUT2D eigenvalue weighted by Gasteiger charge is 2.25. The van der Waals surface area contributed by atoms with E-state index >= 15 is 0 Å². The first-order chi connectivity index (χ1) is 12.5. The Morgan fingerprint density at radius 2 is 2.04 bits per heavy atom. The normalized spacial score (nSPS) is 14.9. The average molecular weight is 360 g/mol. The Labute approximate surface area is 149 Å².